The summed E-state index contributed by atoms with van der Waals surface area (Å²) in [4.78, 5) is 5.30. The quantitative estimate of drug-likeness (QED) is 0.577. The van der Waals surface area contributed by atoms with Gasteiger partial charge >= 0.3 is 0 Å². The second kappa shape index (κ2) is 8.44. The molecule has 0 atom stereocenters. The van der Waals surface area contributed by atoms with Gasteiger partial charge in [-0.2, -0.15) is 5.26 Å². The van der Waals surface area contributed by atoms with Gasteiger partial charge in [-0.1, -0.05) is 23.4 Å². The summed E-state index contributed by atoms with van der Waals surface area (Å²) < 4.78 is 15.9. The minimum Gasteiger partial charge on any atom is -0.496 e. The molecule has 0 bridgehead atoms. The predicted molar refractivity (Wildman–Crippen MR) is 89.6 cm³/mol. The van der Waals surface area contributed by atoms with Crippen LogP contribution in [0.1, 0.15) is 16.7 Å². The van der Waals surface area contributed by atoms with Gasteiger partial charge in [0.15, 0.2) is 0 Å². The number of hydrogen-bond donors (Lipinski definition) is 0. The van der Waals surface area contributed by atoms with Crippen molar-refractivity contribution in [2.45, 2.75) is 6.61 Å². The van der Waals surface area contributed by atoms with Crippen LogP contribution in [-0.4, -0.2) is 27.5 Å². The van der Waals surface area contributed by atoms with Gasteiger partial charge in [0.05, 0.1) is 44.7 Å². The van der Waals surface area contributed by atoms with E-state index in [0.717, 1.165) is 5.56 Å². The molecule has 0 saturated carbocycles. The number of benzene rings is 2. The average Bonchev–Trinajstić information content (AvgIpc) is 2.64. The summed E-state index contributed by atoms with van der Waals surface area (Å²) in [7, 11) is 4.67. The van der Waals surface area contributed by atoms with Gasteiger partial charge in [-0.25, -0.2) is 0 Å². The Labute approximate surface area is 140 Å². The van der Waals surface area contributed by atoms with Crippen LogP contribution in [0.5, 0.6) is 17.2 Å². The van der Waals surface area contributed by atoms with Crippen LogP contribution < -0.4 is 14.2 Å². The molecule has 124 valence electrons. The maximum atomic E-state index is 9.05. The van der Waals surface area contributed by atoms with Crippen LogP contribution in [0.3, 0.4) is 0 Å². The first kappa shape index (κ1) is 17.2. The van der Waals surface area contributed by atoms with Gasteiger partial charge in [-0.05, 0) is 6.07 Å². The van der Waals surface area contributed by atoms with E-state index in [1.807, 2.05) is 12.1 Å². The zero-order valence-electron chi connectivity index (χ0n) is 13.8. The first-order valence-electron chi connectivity index (χ1n) is 7.16. The van der Waals surface area contributed by atoms with E-state index in [2.05, 4.69) is 11.2 Å². The van der Waals surface area contributed by atoms with Crippen molar-refractivity contribution < 1.29 is 19.0 Å². The summed E-state index contributed by atoms with van der Waals surface area (Å²) in [6.45, 7) is 0.195. The Balaban J connectivity index is 2.15. The Kier molecular flexibility index (Phi) is 6.03. The van der Waals surface area contributed by atoms with Crippen LogP contribution in [0.2, 0.25) is 0 Å². The number of nitriles is 1. The maximum absolute atomic E-state index is 9.05. The lowest BCUT2D eigenvalue weighted by molar-refractivity contribution is 0.132. The van der Waals surface area contributed by atoms with Crippen LogP contribution >= 0.6 is 0 Å². The summed E-state index contributed by atoms with van der Waals surface area (Å²) in [5.41, 5.74) is 1.97. The molecule has 6 heteroatoms. The summed E-state index contributed by atoms with van der Waals surface area (Å²) >= 11 is 0. The SMILES string of the molecule is COc1cc(OC)c(/C=N\OCc2ccccc2C#N)c(OC)c1. The van der Waals surface area contributed by atoms with Gasteiger partial charge in [0.2, 0.25) is 0 Å². The van der Waals surface area contributed by atoms with Crippen molar-refractivity contribution in [1.82, 2.24) is 0 Å². The van der Waals surface area contributed by atoms with Crippen LogP contribution in [0.4, 0.5) is 0 Å². The largest absolute Gasteiger partial charge is 0.496 e. The van der Waals surface area contributed by atoms with E-state index in [9.17, 15) is 0 Å². The molecule has 6 nitrogen and oxygen atoms in total. The highest BCUT2D eigenvalue weighted by atomic mass is 16.6. The molecule has 0 unspecified atom stereocenters. The third-order valence-electron chi connectivity index (χ3n) is 3.37. The lowest BCUT2D eigenvalue weighted by Gasteiger charge is -2.12. The van der Waals surface area contributed by atoms with E-state index in [4.69, 9.17) is 24.3 Å². The lowest BCUT2D eigenvalue weighted by atomic mass is 10.1. The van der Waals surface area contributed by atoms with Gasteiger partial charge in [0.25, 0.3) is 0 Å². The molecule has 2 rings (SSSR count). The molecule has 0 aliphatic carbocycles. The van der Waals surface area contributed by atoms with Crippen LogP contribution in [-0.2, 0) is 11.4 Å². The van der Waals surface area contributed by atoms with Crippen molar-refractivity contribution >= 4 is 6.21 Å². The van der Waals surface area contributed by atoms with E-state index in [1.165, 1.54) is 6.21 Å². The molecule has 0 radical (unpaired) electrons. The monoisotopic (exact) mass is 326 g/mol. The van der Waals surface area contributed by atoms with Crippen molar-refractivity contribution in [2.24, 2.45) is 5.16 Å². The minimum atomic E-state index is 0.195. The minimum absolute atomic E-state index is 0.195. The highest BCUT2D eigenvalue weighted by Crippen LogP contribution is 2.32. The van der Waals surface area contributed by atoms with Gasteiger partial charge < -0.3 is 19.0 Å². The molecule has 0 fully saturated rings. The fourth-order valence-corrected chi connectivity index (χ4v) is 2.11. The van der Waals surface area contributed by atoms with Crippen LogP contribution in [0.15, 0.2) is 41.6 Å². The predicted octanol–water partition coefficient (Wildman–Crippen LogP) is 3.13. The molecule has 0 amide bonds. The first-order valence-corrected chi connectivity index (χ1v) is 7.16. The molecule has 0 heterocycles. The van der Waals surface area contributed by atoms with Gasteiger partial charge in [-0.3, -0.25) is 0 Å². The topological polar surface area (TPSA) is 73.1 Å². The van der Waals surface area contributed by atoms with Gasteiger partial charge in [-0.15, -0.1) is 0 Å². The van der Waals surface area contributed by atoms with Gasteiger partial charge in [0.1, 0.15) is 23.9 Å². The second-order valence-corrected chi connectivity index (χ2v) is 4.72. The molecular formula is C18H18N2O4. The zero-order valence-corrected chi connectivity index (χ0v) is 13.8. The van der Waals surface area contributed by atoms with Crippen LogP contribution in [0, 0.1) is 11.3 Å². The molecule has 0 spiro atoms. The number of nitrogens with zero attached hydrogens (tertiary/aromatic N) is 2. The third kappa shape index (κ3) is 3.96. The van der Waals surface area contributed by atoms with Crippen molar-refractivity contribution in [3.63, 3.8) is 0 Å². The summed E-state index contributed by atoms with van der Waals surface area (Å²) in [6, 6.07) is 12.8. The Morgan fingerprint density at radius 1 is 1.04 bits per heavy atom. The normalized spacial score (nSPS) is 10.2. The molecular weight excluding hydrogens is 308 g/mol. The fourth-order valence-electron chi connectivity index (χ4n) is 2.11. The number of oxime groups is 1. The molecule has 2 aromatic carbocycles. The fraction of sp³-hybridized carbons (Fsp3) is 0.222. The average molecular weight is 326 g/mol. The second-order valence-electron chi connectivity index (χ2n) is 4.72. The highest BCUT2D eigenvalue weighted by Gasteiger charge is 2.11. The maximum Gasteiger partial charge on any atom is 0.143 e. The smallest absolute Gasteiger partial charge is 0.143 e. The molecule has 0 aliphatic rings. The number of hydrogen-bond acceptors (Lipinski definition) is 6. The lowest BCUT2D eigenvalue weighted by Crippen LogP contribution is -1.98. The number of methoxy groups -OCH3 is 3. The Bertz CT molecular complexity index is 741. The molecule has 0 saturated heterocycles. The van der Waals surface area contributed by atoms with Crippen molar-refractivity contribution in [3.05, 3.63) is 53.1 Å². The summed E-state index contributed by atoms with van der Waals surface area (Å²) in [5, 5.41) is 13.0. The Morgan fingerprint density at radius 3 is 2.29 bits per heavy atom. The number of rotatable bonds is 7. The van der Waals surface area contributed by atoms with Crippen molar-refractivity contribution in [3.8, 4) is 23.3 Å². The number of ether oxygens (including phenoxy) is 3. The molecule has 0 aliphatic heterocycles. The summed E-state index contributed by atoms with van der Waals surface area (Å²) in [5.74, 6) is 1.72. The Hall–Kier alpha value is -3.20. The van der Waals surface area contributed by atoms with E-state index in [-0.39, 0.29) is 6.61 Å². The molecule has 0 N–H and O–H groups in total. The molecule has 24 heavy (non-hydrogen) atoms. The van der Waals surface area contributed by atoms with Crippen molar-refractivity contribution in [2.75, 3.05) is 21.3 Å². The van der Waals surface area contributed by atoms with Gasteiger partial charge in [0, 0.05) is 17.7 Å². The van der Waals surface area contributed by atoms with E-state index < -0.39 is 0 Å². The van der Waals surface area contributed by atoms with Crippen molar-refractivity contribution in [1.29, 1.82) is 5.26 Å². The van der Waals surface area contributed by atoms with Crippen LogP contribution in [0.25, 0.3) is 0 Å². The molecule has 0 aromatic heterocycles. The van der Waals surface area contributed by atoms with E-state index in [1.54, 1.807) is 45.6 Å². The third-order valence-corrected chi connectivity index (χ3v) is 3.37. The van der Waals surface area contributed by atoms with E-state index >= 15 is 0 Å². The first-order chi connectivity index (χ1) is 11.7. The standard InChI is InChI=1S/C18H18N2O4/c1-21-15-8-17(22-2)16(18(9-15)23-3)11-20-24-12-14-7-5-4-6-13(14)10-19/h4-9,11H,12H2,1-3H3/b20-11-. The van der Waals surface area contributed by atoms with E-state index in [0.29, 0.717) is 28.4 Å². The Morgan fingerprint density at radius 2 is 1.71 bits per heavy atom. The summed E-state index contributed by atoms with van der Waals surface area (Å²) in [6.07, 6.45) is 1.51. The zero-order chi connectivity index (χ0) is 17.4. The highest BCUT2D eigenvalue weighted by molar-refractivity contribution is 5.87. The molecule has 2 aromatic rings.